The van der Waals surface area contributed by atoms with Crippen LogP contribution >= 0.6 is 0 Å². The van der Waals surface area contributed by atoms with Gasteiger partial charge in [0.15, 0.2) is 5.89 Å². The summed E-state index contributed by atoms with van der Waals surface area (Å²) in [5, 5.41) is 8.58. The smallest absolute Gasteiger partial charge is 0.309 e. The summed E-state index contributed by atoms with van der Waals surface area (Å²) in [6.07, 6.45) is 3.32. The van der Waals surface area contributed by atoms with Crippen LogP contribution in [0.4, 0.5) is 0 Å². The van der Waals surface area contributed by atoms with Crippen LogP contribution in [-0.2, 0) is 16.0 Å². The van der Waals surface area contributed by atoms with Crippen molar-refractivity contribution < 1.29 is 19.1 Å². The number of oxazole rings is 1. The molecule has 0 spiro atoms. The van der Waals surface area contributed by atoms with Gasteiger partial charge in [0.25, 0.3) is 0 Å². The molecule has 1 unspecified atom stereocenters. The van der Waals surface area contributed by atoms with Crippen molar-refractivity contribution in [1.29, 1.82) is 0 Å². The SMILES string of the molecule is O=C(O)Cc1coc(C2CCCOC2)n1. The van der Waals surface area contributed by atoms with Crippen molar-refractivity contribution in [3.63, 3.8) is 0 Å². The van der Waals surface area contributed by atoms with E-state index >= 15 is 0 Å². The maximum absolute atomic E-state index is 10.4. The van der Waals surface area contributed by atoms with Crippen molar-refractivity contribution in [1.82, 2.24) is 4.98 Å². The van der Waals surface area contributed by atoms with Crippen LogP contribution in [0.2, 0.25) is 0 Å². The molecular weight excluding hydrogens is 198 g/mol. The molecule has 1 atom stereocenters. The van der Waals surface area contributed by atoms with Crippen LogP contribution in [0.5, 0.6) is 0 Å². The van der Waals surface area contributed by atoms with Crippen LogP contribution in [-0.4, -0.2) is 29.3 Å². The molecule has 1 aromatic heterocycles. The van der Waals surface area contributed by atoms with Crippen molar-refractivity contribution in [2.75, 3.05) is 13.2 Å². The zero-order valence-corrected chi connectivity index (χ0v) is 8.31. The summed E-state index contributed by atoms with van der Waals surface area (Å²) >= 11 is 0. The first-order valence-electron chi connectivity index (χ1n) is 4.99. The van der Waals surface area contributed by atoms with Crippen LogP contribution < -0.4 is 0 Å². The minimum Gasteiger partial charge on any atom is -0.481 e. The first kappa shape index (κ1) is 10.2. The van der Waals surface area contributed by atoms with Crippen molar-refractivity contribution in [2.24, 2.45) is 0 Å². The number of carboxylic acid groups (broad SMARTS) is 1. The molecule has 1 aliphatic rings. The van der Waals surface area contributed by atoms with E-state index in [2.05, 4.69) is 4.98 Å². The minimum absolute atomic E-state index is 0.0862. The number of hydrogen-bond donors (Lipinski definition) is 1. The van der Waals surface area contributed by atoms with Gasteiger partial charge in [-0.3, -0.25) is 4.79 Å². The van der Waals surface area contributed by atoms with E-state index in [1.165, 1.54) is 6.26 Å². The van der Waals surface area contributed by atoms with Gasteiger partial charge in [-0.25, -0.2) is 4.98 Å². The minimum atomic E-state index is -0.894. The van der Waals surface area contributed by atoms with Crippen molar-refractivity contribution in [3.05, 3.63) is 17.8 Å². The standard InChI is InChI=1S/C10H13NO4/c12-9(13)4-8-6-15-10(11-8)7-2-1-3-14-5-7/h6-7H,1-5H2,(H,12,13). The van der Waals surface area contributed by atoms with Crippen molar-refractivity contribution >= 4 is 5.97 Å². The molecule has 0 saturated carbocycles. The Kier molecular flexibility index (Phi) is 3.01. The lowest BCUT2D eigenvalue weighted by molar-refractivity contribution is -0.136. The van der Waals surface area contributed by atoms with Crippen LogP contribution in [0.25, 0.3) is 0 Å². The first-order chi connectivity index (χ1) is 7.25. The summed E-state index contributed by atoms with van der Waals surface area (Å²) in [6, 6.07) is 0. The molecule has 5 nitrogen and oxygen atoms in total. The normalized spacial score (nSPS) is 21.5. The molecule has 0 aromatic carbocycles. The molecular formula is C10H13NO4. The maximum atomic E-state index is 10.4. The fourth-order valence-electron chi connectivity index (χ4n) is 1.68. The Morgan fingerprint density at radius 2 is 2.53 bits per heavy atom. The lowest BCUT2D eigenvalue weighted by Crippen LogP contribution is -2.15. The number of hydrogen-bond acceptors (Lipinski definition) is 4. The summed E-state index contributed by atoms with van der Waals surface area (Å²) in [4.78, 5) is 14.6. The summed E-state index contributed by atoms with van der Waals surface area (Å²) in [6.45, 7) is 1.41. The molecule has 0 radical (unpaired) electrons. The Labute approximate surface area is 87.1 Å². The predicted octanol–water partition coefficient (Wildman–Crippen LogP) is 1.20. The van der Waals surface area contributed by atoms with E-state index in [9.17, 15) is 4.79 Å². The van der Waals surface area contributed by atoms with Crippen LogP contribution in [0.15, 0.2) is 10.7 Å². The van der Waals surface area contributed by atoms with E-state index in [-0.39, 0.29) is 12.3 Å². The predicted molar refractivity (Wildman–Crippen MR) is 50.6 cm³/mol. The largest absolute Gasteiger partial charge is 0.481 e. The van der Waals surface area contributed by atoms with Gasteiger partial charge in [0, 0.05) is 6.61 Å². The highest BCUT2D eigenvalue weighted by atomic mass is 16.5. The van der Waals surface area contributed by atoms with Gasteiger partial charge in [0.2, 0.25) is 0 Å². The molecule has 5 heteroatoms. The Bertz CT molecular complexity index is 341. The average Bonchev–Trinajstić information content (AvgIpc) is 2.67. The molecule has 2 rings (SSSR count). The van der Waals surface area contributed by atoms with Gasteiger partial charge in [-0.2, -0.15) is 0 Å². The summed E-state index contributed by atoms with van der Waals surface area (Å²) < 4.78 is 10.6. The van der Waals surface area contributed by atoms with Gasteiger partial charge in [0.05, 0.1) is 24.6 Å². The molecule has 0 aliphatic carbocycles. The van der Waals surface area contributed by atoms with Crippen molar-refractivity contribution in [2.45, 2.75) is 25.2 Å². The third-order valence-corrected chi connectivity index (χ3v) is 2.41. The highest BCUT2D eigenvalue weighted by Crippen LogP contribution is 2.24. The van der Waals surface area contributed by atoms with Crippen LogP contribution in [0.1, 0.15) is 30.3 Å². The number of rotatable bonds is 3. The number of nitrogens with zero attached hydrogens (tertiary/aromatic N) is 1. The zero-order chi connectivity index (χ0) is 10.7. The van der Waals surface area contributed by atoms with E-state index in [0.29, 0.717) is 18.2 Å². The highest BCUT2D eigenvalue weighted by Gasteiger charge is 2.21. The zero-order valence-electron chi connectivity index (χ0n) is 8.31. The Morgan fingerprint density at radius 1 is 1.67 bits per heavy atom. The quantitative estimate of drug-likeness (QED) is 0.813. The number of aliphatic carboxylic acids is 1. The van der Waals surface area contributed by atoms with Gasteiger partial charge in [0.1, 0.15) is 6.26 Å². The molecule has 15 heavy (non-hydrogen) atoms. The summed E-state index contributed by atoms with van der Waals surface area (Å²) in [5.41, 5.74) is 0.475. The molecule has 82 valence electrons. The Balaban J connectivity index is 2.02. The van der Waals surface area contributed by atoms with E-state index in [1.807, 2.05) is 0 Å². The van der Waals surface area contributed by atoms with Gasteiger partial charge >= 0.3 is 5.97 Å². The molecule has 1 fully saturated rings. The Hall–Kier alpha value is -1.36. The monoisotopic (exact) mass is 211 g/mol. The molecule has 1 saturated heterocycles. The third-order valence-electron chi connectivity index (χ3n) is 2.41. The molecule has 2 heterocycles. The van der Waals surface area contributed by atoms with Crippen LogP contribution in [0.3, 0.4) is 0 Å². The third kappa shape index (κ3) is 2.56. The lowest BCUT2D eigenvalue weighted by Gasteiger charge is -2.18. The fourth-order valence-corrected chi connectivity index (χ4v) is 1.68. The highest BCUT2D eigenvalue weighted by molar-refractivity contribution is 5.69. The maximum Gasteiger partial charge on any atom is 0.309 e. The molecule has 1 N–H and O–H groups in total. The molecule has 0 bridgehead atoms. The molecule has 1 aliphatic heterocycles. The second kappa shape index (κ2) is 4.44. The Morgan fingerprint density at radius 3 is 3.20 bits per heavy atom. The van der Waals surface area contributed by atoms with E-state index < -0.39 is 5.97 Å². The average molecular weight is 211 g/mol. The van der Waals surface area contributed by atoms with E-state index in [0.717, 1.165) is 19.4 Å². The van der Waals surface area contributed by atoms with E-state index in [1.54, 1.807) is 0 Å². The second-order valence-corrected chi connectivity index (χ2v) is 3.66. The van der Waals surface area contributed by atoms with Gasteiger partial charge < -0.3 is 14.3 Å². The second-order valence-electron chi connectivity index (χ2n) is 3.66. The van der Waals surface area contributed by atoms with Gasteiger partial charge in [-0.1, -0.05) is 0 Å². The van der Waals surface area contributed by atoms with Crippen molar-refractivity contribution in [3.8, 4) is 0 Å². The van der Waals surface area contributed by atoms with Crippen LogP contribution in [0, 0.1) is 0 Å². The fraction of sp³-hybridized carbons (Fsp3) is 0.600. The van der Waals surface area contributed by atoms with E-state index in [4.69, 9.17) is 14.3 Å². The summed E-state index contributed by atoms with van der Waals surface area (Å²) in [5.74, 6) is -0.109. The number of carbonyl (C=O) groups is 1. The lowest BCUT2D eigenvalue weighted by atomic mass is 10.0. The summed E-state index contributed by atoms with van der Waals surface area (Å²) in [7, 11) is 0. The topological polar surface area (TPSA) is 72.6 Å². The number of aromatic nitrogens is 1. The van der Waals surface area contributed by atoms with Gasteiger partial charge in [-0.15, -0.1) is 0 Å². The first-order valence-corrected chi connectivity index (χ1v) is 4.99. The number of ether oxygens (including phenoxy) is 1. The number of carboxylic acids is 1. The molecule has 1 aromatic rings. The molecule has 0 amide bonds. The van der Waals surface area contributed by atoms with Gasteiger partial charge in [-0.05, 0) is 12.8 Å².